The highest BCUT2D eigenvalue weighted by Gasteiger charge is 2.01. The van der Waals surface area contributed by atoms with Crippen molar-refractivity contribution in [2.75, 3.05) is 0 Å². The Morgan fingerprint density at radius 2 is 2.00 bits per heavy atom. The fraction of sp³-hybridized carbons (Fsp3) is 0.545. The molecule has 2 heteroatoms. The maximum atomic E-state index is 2.32. The normalized spacial score (nSPS) is 9.38. The molecular weight excluding hydrogens is 165 g/mol. The predicted molar refractivity (Wildman–Crippen MR) is 50.9 cm³/mol. The first kappa shape index (κ1) is 12.1. The number of aryl methyl sites for hydroxylation is 2. The lowest BCUT2D eigenvalue weighted by Gasteiger charge is -1.98. The van der Waals surface area contributed by atoms with Gasteiger partial charge in [0, 0.05) is 25.5 Å². The molecule has 0 aromatic carbocycles. The van der Waals surface area contributed by atoms with Gasteiger partial charge in [0.1, 0.15) is 6.54 Å². The smallest absolute Gasteiger partial charge is 0.178 e. The van der Waals surface area contributed by atoms with Crippen LogP contribution in [0.15, 0.2) is 24.4 Å². The molecule has 0 N–H and O–H groups in total. The van der Waals surface area contributed by atoms with E-state index in [4.69, 9.17) is 0 Å². The largest absolute Gasteiger partial charge is 1.00 e. The Balaban J connectivity index is 0.00000144. The SMILES string of the molecule is CCCCC[n+]1ccccc1C.[F-]. The first-order valence-electron chi connectivity index (χ1n) is 4.79. The molecule has 1 nitrogen and oxygen atoms in total. The molecule has 0 saturated carbocycles. The van der Waals surface area contributed by atoms with E-state index in [9.17, 15) is 0 Å². The Kier molecular flexibility index (Phi) is 6.11. The summed E-state index contributed by atoms with van der Waals surface area (Å²) in [5, 5.41) is 0. The van der Waals surface area contributed by atoms with Crippen LogP contribution in [0.3, 0.4) is 0 Å². The van der Waals surface area contributed by atoms with Gasteiger partial charge in [-0.15, -0.1) is 0 Å². The fourth-order valence-electron chi connectivity index (χ4n) is 1.34. The summed E-state index contributed by atoms with van der Waals surface area (Å²) in [6, 6.07) is 6.34. The molecule has 0 fully saturated rings. The Morgan fingerprint density at radius 3 is 2.62 bits per heavy atom. The Bertz CT molecular complexity index is 235. The minimum absolute atomic E-state index is 0. The molecule has 1 aromatic rings. The van der Waals surface area contributed by atoms with E-state index in [0.717, 1.165) is 0 Å². The van der Waals surface area contributed by atoms with E-state index in [1.807, 2.05) is 0 Å². The van der Waals surface area contributed by atoms with Crippen molar-refractivity contribution in [3.63, 3.8) is 0 Å². The fourth-order valence-corrected chi connectivity index (χ4v) is 1.34. The number of halogens is 1. The van der Waals surface area contributed by atoms with Gasteiger partial charge in [-0.1, -0.05) is 19.4 Å². The number of rotatable bonds is 4. The van der Waals surface area contributed by atoms with Crippen molar-refractivity contribution in [3.8, 4) is 0 Å². The second-order valence-electron chi connectivity index (χ2n) is 3.24. The molecule has 0 amide bonds. The monoisotopic (exact) mass is 183 g/mol. The highest BCUT2D eigenvalue weighted by atomic mass is 19.0. The summed E-state index contributed by atoms with van der Waals surface area (Å²) in [4.78, 5) is 0. The van der Waals surface area contributed by atoms with Crippen molar-refractivity contribution >= 4 is 0 Å². The number of nitrogens with zero attached hydrogens (tertiary/aromatic N) is 1. The maximum Gasteiger partial charge on any atom is 0.178 e. The zero-order chi connectivity index (χ0) is 8.81. The minimum Gasteiger partial charge on any atom is -1.00 e. The van der Waals surface area contributed by atoms with Crippen molar-refractivity contribution in [1.82, 2.24) is 0 Å². The maximum absolute atomic E-state index is 2.32. The molecule has 0 aliphatic rings. The highest BCUT2D eigenvalue weighted by Crippen LogP contribution is 1.95. The molecule has 0 spiro atoms. The van der Waals surface area contributed by atoms with Gasteiger partial charge in [0.25, 0.3) is 0 Å². The van der Waals surface area contributed by atoms with Crippen LogP contribution in [-0.4, -0.2) is 0 Å². The predicted octanol–water partition coefficient (Wildman–Crippen LogP) is -0.523. The van der Waals surface area contributed by atoms with Gasteiger partial charge in [-0.3, -0.25) is 0 Å². The third kappa shape index (κ3) is 4.02. The first-order chi connectivity index (χ1) is 5.84. The molecule has 1 aromatic heterocycles. The topological polar surface area (TPSA) is 3.88 Å². The molecular formula is C11H18FN. The van der Waals surface area contributed by atoms with E-state index < -0.39 is 0 Å². The Hall–Kier alpha value is -0.920. The van der Waals surface area contributed by atoms with E-state index in [1.165, 1.54) is 31.5 Å². The van der Waals surface area contributed by atoms with Gasteiger partial charge in [0.15, 0.2) is 11.9 Å². The van der Waals surface area contributed by atoms with Gasteiger partial charge < -0.3 is 4.70 Å². The summed E-state index contributed by atoms with van der Waals surface area (Å²) in [6.07, 6.45) is 6.09. The van der Waals surface area contributed by atoms with Crippen LogP contribution in [0.25, 0.3) is 0 Å². The standard InChI is InChI=1S/C11H18N.FH/c1-3-4-6-9-12-10-7-5-8-11(12)2;/h5,7-8,10H,3-4,6,9H2,1-2H3;1H/q+1;/p-1. The minimum atomic E-state index is 0. The molecule has 0 radical (unpaired) electrons. The summed E-state index contributed by atoms with van der Waals surface area (Å²) in [6.45, 7) is 5.56. The number of hydrogen-bond acceptors (Lipinski definition) is 0. The third-order valence-corrected chi connectivity index (χ3v) is 2.17. The number of hydrogen-bond donors (Lipinski definition) is 0. The molecule has 0 saturated heterocycles. The molecule has 0 atom stereocenters. The van der Waals surface area contributed by atoms with E-state index >= 15 is 0 Å². The molecule has 0 bridgehead atoms. The molecule has 0 aliphatic heterocycles. The van der Waals surface area contributed by atoms with E-state index in [-0.39, 0.29) is 4.70 Å². The molecule has 1 heterocycles. The average Bonchev–Trinajstić information content (AvgIpc) is 2.09. The van der Waals surface area contributed by atoms with Crippen LogP contribution in [0, 0.1) is 6.92 Å². The molecule has 74 valence electrons. The van der Waals surface area contributed by atoms with Crippen molar-refractivity contribution in [3.05, 3.63) is 30.1 Å². The highest BCUT2D eigenvalue weighted by molar-refractivity contribution is 4.93. The summed E-state index contributed by atoms with van der Waals surface area (Å²) < 4.78 is 2.32. The second kappa shape index (κ2) is 6.58. The van der Waals surface area contributed by atoms with Gasteiger partial charge in [-0.05, 0) is 6.42 Å². The van der Waals surface area contributed by atoms with Gasteiger partial charge in [0.05, 0.1) is 0 Å². The quantitative estimate of drug-likeness (QED) is 0.437. The molecule has 0 unspecified atom stereocenters. The van der Waals surface area contributed by atoms with Crippen LogP contribution in [0.4, 0.5) is 0 Å². The Morgan fingerprint density at radius 1 is 1.23 bits per heavy atom. The summed E-state index contributed by atoms with van der Waals surface area (Å²) in [7, 11) is 0. The van der Waals surface area contributed by atoms with Gasteiger partial charge in [-0.25, -0.2) is 4.57 Å². The van der Waals surface area contributed by atoms with Crippen molar-refractivity contribution < 1.29 is 9.27 Å². The summed E-state index contributed by atoms with van der Waals surface area (Å²) in [5.41, 5.74) is 1.36. The van der Waals surface area contributed by atoms with E-state index in [2.05, 4.69) is 42.8 Å². The second-order valence-corrected chi connectivity index (χ2v) is 3.24. The lowest BCUT2D eigenvalue weighted by atomic mass is 10.2. The lowest BCUT2D eigenvalue weighted by Crippen LogP contribution is -3.00. The van der Waals surface area contributed by atoms with Gasteiger partial charge >= 0.3 is 0 Å². The van der Waals surface area contributed by atoms with Crippen LogP contribution in [0.1, 0.15) is 31.9 Å². The summed E-state index contributed by atoms with van der Waals surface area (Å²) >= 11 is 0. The molecule has 0 aliphatic carbocycles. The van der Waals surface area contributed by atoms with Crippen LogP contribution in [-0.2, 0) is 6.54 Å². The zero-order valence-electron chi connectivity index (χ0n) is 8.46. The van der Waals surface area contributed by atoms with Gasteiger partial charge in [-0.2, -0.15) is 0 Å². The Labute approximate surface area is 79.8 Å². The molecule has 13 heavy (non-hydrogen) atoms. The lowest BCUT2D eigenvalue weighted by molar-refractivity contribution is -0.703. The first-order valence-corrected chi connectivity index (χ1v) is 4.79. The average molecular weight is 183 g/mol. The number of unbranched alkanes of at least 4 members (excludes halogenated alkanes) is 2. The summed E-state index contributed by atoms with van der Waals surface area (Å²) in [5.74, 6) is 0. The van der Waals surface area contributed by atoms with Crippen molar-refractivity contribution in [2.24, 2.45) is 0 Å². The van der Waals surface area contributed by atoms with Gasteiger partial charge in [0.2, 0.25) is 0 Å². The van der Waals surface area contributed by atoms with E-state index in [0.29, 0.717) is 0 Å². The third-order valence-electron chi connectivity index (χ3n) is 2.17. The zero-order valence-corrected chi connectivity index (χ0v) is 8.46. The van der Waals surface area contributed by atoms with Crippen molar-refractivity contribution in [1.29, 1.82) is 0 Å². The number of pyridine rings is 1. The van der Waals surface area contributed by atoms with Crippen LogP contribution in [0.2, 0.25) is 0 Å². The van der Waals surface area contributed by atoms with Crippen LogP contribution < -0.4 is 9.27 Å². The van der Waals surface area contributed by atoms with Crippen LogP contribution >= 0.6 is 0 Å². The van der Waals surface area contributed by atoms with Crippen molar-refractivity contribution in [2.45, 2.75) is 39.7 Å². The number of aromatic nitrogens is 1. The van der Waals surface area contributed by atoms with Crippen LogP contribution in [0.5, 0.6) is 0 Å². The molecule has 1 rings (SSSR count). The van der Waals surface area contributed by atoms with E-state index in [1.54, 1.807) is 0 Å².